The fraction of sp³-hybridized carbons (Fsp3) is 0.350. The molecular weight excluding hydrogens is 318 g/mol. The monoisotopic (exact) mass is 343 g/mol. The van der Waals surface area contributed by atoms with E-state index in [1.165, 1.54) is 26.9 Å². The van der Waals surface area contributed by atoms with Crippen molar-refractivity contribution in [3.8, 4) is 17.2 Å². The van der Waals surface area contributed by atoms with Crippen LogP contribution < -0.4 is 19.5 Å². The number of carbonyl (C=O) groups is 1. The average Bonchev–Trinajstić information content (AvgIpc) is 2.65. The number of methoxy groups -OCH3 is 3. The van der Waals surface area contributed by atoms with Gasteiger partial charge in [0.1, 0.15) is 0 Å². The Morgan fingerprint density at radius 2 is 1.60 bits per heavy atom. The van der Waals surface area contributed by atoms with Gasteiger partial charge in [0.2, 0.25) is 5.75 Å². The van der Waals surface area contributed by atoms with Gasteiger partial charge < -0.3 is 19.5 Å². The molecule has 0 saturated heterocycles. The van der Waals surface area contributed by atoms with Crippen molar-refractivity contribution in [2.24, 2.45) is 0 Å². The van der Waals surface area contributed by atoms with Crippen molar-refractivity contribution >= 4 is 5.91 Å². The van der Waals surface area contributed by atoms with E-state index in [-0.39, 0.29) is 11.9 Å². The number of hydrogen-bond donors (Lipinski definition) is 1. The lowest BCUT2D eigenvalue weighted by Gasteiger charge is -2.16. The van der Waals surface area contributed by atoms with Gasteiger partial charge in [-0.15, -0.1) is 0 Å². The Morgan fingerprint density at radius 1 is 1.00 bits per heavy atom. The van der Waals surface area contributed by atoms with Crippen LogP contribution >= 0.6 is 0 Å². The zero-order valence-electron chi connectivity index (χ0n) is 15.2. The Hall–Kier alpha value is -2.69. The molecule has 5 nitrogen and oxygen atoms in total. The summed E-state index contributed by atoms with van der Waals surface area (Å²) in [7, 11) is 4.59. The average molecular weight is 343 g/mol. The van der Waals surface area contributed by atoms with E-state index in [0.717, 1.165) is 12.8 Å². The standard InChI is InChI=1S/C20H25NO4/c1-14(10-11-15-8-6-5-7-9-15)21-20(22)16-12-17(23-2)19(25-4)18(13-16)24-3/h5-9,12-14H,10-11H2,1-4H3,(H,21,22)/t14-/m0/s1. The molecule has 2 aromatic carbocycles. The molecule has 2 rings (SSSR count). The molecule has 25 heavy (non-hydrogen) atoms. The molecule has 2 aromatic rings. The predicted octanol–water partition coefficient (Wildman–Crippen LogP) is 3.46. The fourth-order valence-corrected chi connectivity index (χ4v) is 2.62. The molecular formula is C20H25NO4. The summed E-state index contributed by atoms with van der Waals surface area (Å²) < 4.78 is 15.9. The Balaban J connectivity index is 2.04. The smallest absolute Gasteiger partial charge is 0.251 e. The van der Waals surface area contributed by atoms with E-state index >= 15 is 0 Å². The Labute approximate surface area is 148 Å². The van der Waals surface area contributed by atoms with E-state index in [0.29, 0.717) is 22.8 Å². The minimum Gasteiger partial charge on any atom is -0.493 e. The zero-order chi connectivity index (χ0) is 18.2. The molecule has 1 atom stereocenters. The van der Waals surface area contributed by atoms with Crippen LogP contribution in [0.4, 0.5) is 0 Å². The third kappa shape index (κ3) is 4.89. The number of amides is 1. The first-order valence-electron chi connectivity index (χ1n) is 8.23. The van der Waals surface area contributed by atoms with Crippen LogP contribution in [0, 0.1) is 0 Å². The maximum Gasteiger partial charge on any atom is 0.251 e. The first kappa shape index (κ1) is 18.6. The highest BCUT2D eigenvalue weighted by Crippen LogP contribution is 2.38. The van der Waals surface area contributed by atoms with Crippen LogP contribution in [-0.2, 0) is 6.42 Å². The second kappa shape index (κ2) is 8.97. The topological polar surface area (TPSA) is 56.8 Å². The van der Waals surface area contributed by atoms with Crippen molar-refractivity contribution < 1.29 is 19.0 Å². The van der Waals surface area contributed by atoms with Crippen molar-refractivity contribution in [1.29, 1.82) is 0 Å². The quantitative estimate of drug-likeness (QED) is 0.797. The summed E-state index contributed by atoms with van der Waals surface area (Å²) in [4.78, 5) is 12.5. The third-order valence-corrected chi connectivity index (χ3v) is 4.01. The summed E-state index contributed by atoms with van der Waals surface area (Å²) in [5.74, 6) is 1.23. The molecule has 0 spiro atoms. The second-order valence-electron chi connectivity index (χ2n) is 5.81. The minimum absolute atomic E-state index is 0.0480. The lowest BCUT2D eigenvalue weighted by Crippen LogP contribution is -2.32. The number of nitrogens with one attached hydrogen (secondary N) is 1. The van der Waals surface area contributed by atoms with Crippen LogP contribution in [-0.4, -0.2) is 33.3 Å². The fourth-order valence-electron chi connectivity index (χ4n) is 2.62. The molecule has 0 heterocycles. The molecule has 0 unspecified atom stereocenters. The van der Waals surface area contributed by atoms with Gasteiger partial charge in [0.05, 0.1) is 21.3 Å². The Kier molecular flexibility index (Phi) is 6.69. The first-order chi connectivity index (χ1) is 12.1. The van der Waals surface area contributed by atoms with E-state index in [4.69, 9.17) is 14.2 Å². The molecule has 0 radical (unpaired) electrons. The van der Waals surface area contributed by atoms with Crippen molar-refractivity contribution in [1.82, 2.24) is 5.32 Å². The molecule has 0 aliphatic carbocycles. The SMILES string of the molecule is COc1cc(C(=O)N[C@@H](C)CCc2ccccc2)cc(OC)c1OC. The highest BCUT2D eigenvalue weighted by Gasteiger charge is 2.18. The number of benzene rings is 2. The number of aryl methyl sites for hydroxylation is 1. The first-order valence-corrected chi connectivity index (χ1v) is 8.23. The van der Waals surface area contributed by atoms with E-state index in [2.05, 4.69) is 17.4 Å². The summed E-state index contributed by atoms with van der Waals surface area (Å²) in [6, 6.07) is 13.6. The molecule has 5 heteroatoms. The molecule has 1 N–H and O–H groups in total. The van der Waals surface area contributed by atoms with Crippen LogP contribution in [0.2, 0.25) is 0 Å². The highest BCUT2D eigenvalue weighted by atomic mass is 16.5. The highest BCUT2D eigenvalue weighted by molar-refractivity contribution is 5.95. The lowest BCUT2D eigenvalue weighted by atomic mass is 10.1. The van der Waals surface area contributed by atoms with Crippen LogP contribution in [0.5, 0.6) is 17.2 Å². The summed E-state index contributed by atoms with van der Waals surface area (Å²) in [5.41, 5.74) is 1.73. The van der Waals surface area contributed by atoms with Gasteiger partial charge in [-0.05, 0) is 37.5 Å². The number of rotatable bonds is 8. The van der Waals surface area contributed by atoms with Gasteiger partial charge in [-0.2, -0.15) is 0 Å². The molecule has 0 saturated carbocycles. The van der Waals surface area contributed by atoms with Gasteiger partial charge in [0.15, 0.2) is 11.5 Å². The zero-order valence-corrected chi connectivity index (χ0v) is 15.2. The van der Waals surface area contributed by atoms with Crippen LogP contribution in [0.15, 0.2) is 42.5 Å². The maximum absolute atomic E-state index is 12.5. The number of ether oxygens (including phenoxy) is 3. The largest absolute Gasteiger partial charge is 0.493 e. The molecule has 0 aromatic heterocycles. The predicted molar refractivity (Wildman–Crippen MR) is 97.8 cm³/mol. The van der Waals surface area contributed by atoms with Gasteiger partial charge >= 0.3 is 0 Å². The van der Waals surface area contributed by atoms with Gasteiger partial charge in [-0.1, -0.05) is 30.3 Å². The minimum atomic E-state index is -0.167. The van der Waals surface area contributed by atoms with Crippen molar-refractivity contribution in [2.45, 2.75) is 25.8 Å². The van der Waals surface area contributed by atoms with Crippen molar-refractivity contribution in [3.63, 3.8) is 0 Å². The van der Waals surface area contributed by atoms with Gasteiger partial charge in [-0.3, -0.25) is 4.79 Å². The summed E-state index contributed by atoms with van der Waals surface area (Å²) >= 11 is 0. The van der Waals surface area contributed by atoms with E-state index in [1.54, 1.807) is 12.1 Å². The van der Waals surface area contributed by atoms with Crippen molar-refractivity contribution in [2.75, 3.05) is 21.3 Å². The van der Waals surface area contributed by atoms with Crippen molar-refractivity contribution in [3.05, 3.63) is 53.6 Å². The summed E-state index contributed by atoms with van der Waals surface area (Å²) in [6.07, 6.45) is 1.78. The normalized spacial score (nSPS) is 11.5. The molecule has 134 valence electrons. The molecule has 1 amide bonds. The number of hydrogen-bond acceptors (Lipinski definition) is 4. The van der Waals surface area contributed by atoms with E-state index < -0.39 is 0 Å². The molecule has 0 bridgehead atoms. The Bertz CT molecular complexity index is 675. The Morgan fingerprint density at radius 3 is 2.12 bits per heavy atom. The van der Waals surface area contributed by atoms with Crippen LogP contribution in [0.1, 0.15) is 29.3 Å². The van der Waals surface area contributed by atoms with E-state index in [1.807, 2.05) is 25.1 Å². The molecule has 0 fully saturated rings. The molecule has 0 aliphatic rings. The van der Waals surface area contributed by atoms with Crippen LogP contribution in [0.3, 0.4) is 0 Å². The summed E-state index contributed by atoms with van der Waals surface area (Å²) in [5, 5.41) is 3.02. The summed E-state index contributed by atoms with van der Waals surface area (Å²) in [6.45, 7) is 2.00. The number of carbonyl (C=O) groups excluding carboxylic acids is 1. The maximum atomic E-state index is 12.5. The van der Waals surface area contributed by atoms with Crippen LogP contribution in [0.25, 0.3) is 0 Å². The van der Waals surface area contributed by atoms with E-state index in [9.17, 15) is 4.79 Å². The van der Waals surface area contributed by atoms with Gasteiger partial charge in [0, 0.05) is 11.6 Å². The van der Waals surface area contributed by atoms with Gasteiger partial charge in [0.25, 0.3) is 5.91 Å². The third-order valence-electron chi connectivity index (χ3n) is 4.01. The molecule has 0 aliphatic heterocycles. The lowest BCUT2D eigenvalue weighted by molar-refractivity contribution is 0.0937. The van der Waals surface area contributed by atoms with Gasteiger partial charge in [-0.25, -0.2) is 0 Å². The second-order valence-corrected chi connectivity index (χ2v) is 5.81.